The van der Waals surface area contributed by atoms with E-state index in [2.05, 4.69) is 4.99 Å². The number of amides is 1. The van der Waals surface area contributed by atoms with Crippen LogP contribution in [0.1, 0.15) is 19.8 Å². The SMILES string of the molecule is CCOC(=O)CN1C(=O)C(N)CC2=C1N=CC=CC2. The third-order valence-electron chi connectivity index (χ3n) is 3.00. The molecule has 19 heavy (non-hydrogen) atoms. The molecule has 0 aromatic carbocycles. The predicted octanol–water partition coefficient (Wildman–Crippen LogP) is 0.351. The van der Waals surface area contributed by atoms with E-state index in [1.54, 1.807) is 13.1 Å². The van der Waals surface area contributed by atoms with Crippen molar-refractivity contribution in [2.45, 2.75) is 25.8 Å². The van der Waals surface area contributed by atoms with Gasteiger partial charge in [-0.3, -0.25) is 14.5 Å². The van der Waals surface area contributed by atoms with Crippen LogP contribution in [0.2, 0.25) is 0 Å². The summed E-state index contributed by atoms with van der Waals surface area (Å²) >= 11 is 0. The van der Waals surface area contributed by atoms with Gasteiger partial charge in [0, 0.05) is 6.21 Å². The highest BCUT2D eigenvalue weighted by molar-refractivity contribution is 5.89. The Morgan fingerprint density at radius 2 is 2.42 bits per heavy atom. The molecule has 0 saturated heterocycles. The van der Waals surface area contributed by atoms with Gasteiger partial charge >= 0.3 is 5.97 Å². The van der Waals surface area contributed by atoms with Crippen LogP contribution in [0.25, 0.3) is 0 Å². The second-order valence-electron chi connectivity index (χ2n) is 4.38. The number of nitrogens with two attached hydrogens (primary N) is 1. The van der Waals surface area contributed by atoms with E-state index < -0.39 is 12.0 Å². The molecule has 0 radical (unpaired) electrons. The first-order valence-electron chi connectivity index (χ1n) is 6.27. The molecule has 0 spiro atoms. The van der Waals surface area contributed by atoms with Crippen molar-refractivity contribution in [3.05, 3.63) is 23.5 Å². The third kappa shape index (κ3) is 2.90. The van der Waals surface area contributed by atoms with Crippen molar-refractivity contribution in [3.8, 4) is 0 Å². The van der Waals surface area contributed by atoms with Crippen LogP contribution in [-0.2, 0) is 14.3 Å². The number of esters is 1. The molecule has 0 bridgehead atoms. The smallest absolute Gasteiger partial charge is 0.326 e. The van der Waals surface area contributed by atoms with Crippen LogP contribution in [0.15, 0.2) is 28.5 Å². The number of allylic oxidation sites excluding steroid dienone is 2. The first-order chi connectivity index (χ1) is 9.13. The van der Waals surface area contributed by atoms with E-state index in [-0.39, 0.29) is 19.1 Å². The zero-order chi connectivity index (χ0) is 13.8. The van der Waals surface area contributed by atoms with E-state index >= 15 is 0 Å². The van der Waals surface area contributed by atoms with Gasteiger partial charge < -0.3 is 10.5 Å². The van der Waals surface area contributed by atoms with Crippen molar-refractivity contribution in [3.63, 3.8) is 0 Å². The summed E-state index contributed by atoms with van der Waals surface area (Å²) in [6, 6.07) is -0.616. The summed E-state index contributed by atoms with van der Waals surface area (Å²) in [5.74, 6) is -0.209. The molecule has 1 unspecified atom stereocenters. The maximum atomic E-state index is 12.1. The maximum absolute atomic E-state index is 12.1. The molecular formula is C13H17N3O3. The third-order valence-corrected chi connectivity index (χ3v) is 3.00. The first kappa shape index (κ1) is 13.5. The summed E-state index contributed by atoms with van der Waals surface area (Å²) in [7, 11) is 0. The summed E-state index contributed by atoms with van der Waals surface area (Å²) in [5, 5.41) is 0. The highest BCUT2D eigenvalue weighted by Crippen LogP contribution is 2.27. The highest BCUT2D eigenvalue weighted by Gasteiger charge is 2.33. The van der Waals surface area contributed by atoms with Gasteiger partial charge in [-0.2, -0.15) is 0 Å². The van der Waals surface area contributed by atoms with Crippen LogP contribution in [0.3, 0.4) is 0 Å². The van der Waals surface area contributed by atoms with Gasteiger partial charge in [-0.15, -0.1) is 0 Å². The molecule has 2 rings (SSSR count). The van der Waals surface area contributed by atoms with Crippen molar-refractivity contribution in [1.82, 2.24) is 4.90 Å². The van der Waals surface area contributed by atoms with Crippen LogP contribution < -0.4 is 5.73 Å². The Morgan fingerprint density at radius 1 is 1.63 bits per heavy atom. The summed E-state index contributed by atoms with van der Waals surface area (Å²) < 4.78 is 4.88. The molecule has 1 amide bonds. The van der Waals surface area contributed by atoms with Crippen molar-refractivity contribution in [2.75, 3.05) is 13.2 Å². The lowest BCUT2D eigenvalue weighted by atomic mass is 9.98. The minimum absolute atomic E-state index is 0.142. The Hall–Kier alpha value is -1.95. The summed E-state index contributed by atoms with van der Waals surface area (Å²) in [4.78, 5) is 29.2. The fraction of sp³-hybridized carbons (Fsp3) is 0.462. The van der Waals surface area contributed by atoms with Gasteiger partial charge in [0.2, 0.25) is 5.91 Å². The molecule has 0 aromatic rings. The molecule has 0 aliphatic carbocycles. The largest absolute Gasteiger partial charge is 0.465 e. The molecule has 6 nitrogen and oxygen atoms in total. The molecule has 0 saturated carbocycles. The molecule has 0 aromatic heterocycles. The van der Waals surface area contributed by atoms with Gasteiger partial charge in [0.15, 0.2) is 0 Å². The van der Waals surface area contributed by atoms with E-state index in [1.165, 1.54) is 4.90 Å². The van der Waals surface area contributed by atoms with E-state index in [9.17, 15) is 9.59 Å². The Bertz CT molecular complexity index is 480. The molecule has 0 fully saturated rings. The molecule has 102 valence electrons. The van der Waals surface area contributed by atoms with E-state index in [1.807, 2.05) is 12.2 Å². The van der Waals surface area contributed by atoms with Crippen molar-refractivity contribution >= 4 is 18.1 Å². The topological polar surface area (TPSA) is 85.0 Å². The number of carbonyl (C=O) groups is 2. The van der Waals surface area contributed by atoms with E-state index in [4.69, 9.17) is 10.5 Å². The van der Waals surface area contributed by atoms with Crippen molar-refractivity contribution in [2.24, 2.45) is 10.7 Å². The highest BCUT2D eigenvalue weighted by atomic mass is 16.5. The Kier molecular flexibility index (Phi) is 4.11. The normalized spacial score (nSPS) is 22.3. The molecule has 1 atom stereocenters. The first-order valence-corrected chi connectivity index (χ1v) is 6.27. The Morgan fingerprint density at radius 3 is 3.16 bits per heavy atom. The number of carbonyl (C=O) groups excluding carboxylic acids is 2. The minimum atomic E-state index is -0.616. The average molecular weight is 263 g/mol. The van der Waals surface area contributed by atoms with Gasteiger partial charge in [0.1, 0.15) is 12.4 Å². The fourth-order valence-corrected chi connectivity index (χ4v) is 2.15. The lowest BCUT2D eigenvalue weighted by molar-refractivity contribution is -0.148. The second-order valence-corrected chi connectivity index (χ2v) is 4.38. The quantitative estimate of drug-likeness (QED) is 0.745. The van der Waals surface area contributed by atoms with E-state index in [0.717, 1.165) is 5.57 Å². The van der Waals surface area contributed by atoms with Crippen LogP contribution in [-0.4, -0.2) is 42.2 Å². The monoisotopic (exact) mass is 263 g/mol. The van der Waals surface area contributed by atoms with Crippen LogP contribution in [0.4, 0.5) is 0 Å². The molecule has 2 aliphatic rings. The molecular weight excluding hydrogens is 246 g/mol. The Labute approximate surface area is 111 Å². The number of nitrogens with zero attached hydrogens (tertiary/aromatic N) is 2. The van der Waals surface area contributed by atoms with Crippen LogP contribution >= 0.6 is 0 Å². The van der Waals surface area contributed by atoms with Gasteiger partial charge in [0.25, 0.3) is 0 Å². The molecule has 2 N–H and O–H groups in total. The molecule has 6 heteroatoms. The fourth-order valence-electron chi connectivity index (χ4n) is 2.15. The standard InChI is InChI=1S/C13H17N3O3/c1-2-19-11(17)8-16-12-9(5-3-4-6-15-12)7-10(14)13(16)18/h3-4,6,10H,2,5,7-8,14H2,1H3. The van der Waals surface area contributed by atoms with Gasteiger partial charge in [-0.1, -0.05) is 6.08 Å². The number of hydrogen-bond acceptors (Lipinski definition) is 5. The molecule has 2 heterocycles. The van der Waals surface area contributed by atoms with Gasteiger partial charge in [0.05, 0.1) is 12.6 Å². The van der Waals surface area contributed by atoms with Crippen LogP contribution in [0.5, 0.6) is 0 Å². The Balaban J connectivity index is 2.26. The predicted molar refractivity (Wildman–Crippen MR) is 70.2 cm³/mol. The molecule has 2 aliphatic heterocycles. The maximum Gasteiger partial charge on any atom is 0.326 e. The van der Waals surface area contributed by atoms with E-state index in [0.29, 0.717) is 18.7 Å². The number of hydrogen-bond donors (Lipinski definition) is 1. The lowest BCUT2D eigenvalue weighted by Crippen LogP contribution is -2.49. The number of rotatable bonds is 3. The zero-order valence-corrected chi connectivity index (χ0v) is 10.8. The second kappa shape index (κ2) is 5.79. The van der Waals surface area contributed by atoms with Gasteiger partial charge in [-0.05, 0) is 31.4 Å². The van der Waals surface area contributed by atoms with Crippen molar-refractivity contribution in [1.29, 1.82) is 0 Å². The van der Waals surface area contributed by atoms with Crippen LogP contribution in [0, 0.1) is 0 Å². The minimum Gasteiger partial charge on any atom is -0.465 e. The number of ether oxygens (including phenoxy) is 1. The summed E-state index contributed by atoms with van der Waals surface area (Å²) in [5.41, 5.74) is 6.80. The lowest BCUT2D eigenvalue weighted by Gasteiger charge is -2.31. The average Bonchev–Trinajstić information content (AvgIpc) is 2.60. The summed E-state index contributed by atoms with van der Waals surface area (Å²) in [6.07, 6.45) is 6.56. The summed E-state index contributed by atoms with van der Waals surface area (Å²) in [6.45, 7) is 1.86. The van der Waals surface area contributed by atoms with Gasteiger partial charge in [-0.25, -0.2) is 4.99 Å². The number of aliphatic imine (C=N–C) groups is 1. The van der Waals surface area contributed by atoms with Crippen molar-refractivity contribution < 1.29 is 14.3 Å². The zero-order valence-electron chi connectivity index (χ0n) is 10.8.